The molecule has 0 amide bonds. The number of halogens is 2. The number of rotatable bonds is 0. The van der Waals surface area contributed by atoms with E-state index < -0.39 is 0 Å². The lowest BCUT2D eigenvalue weighted by molar-refractivity contribution is 0.588. The molecule has 1 nitrogen and oxygen atoms in total. The predicted octanol–water partition coefficient (Wildman–Crippen LogP) is 3.69. The minimum absolute atomic E-state index is 0.0225. The lowest BCUT2D eigenvalue weighted by Crippen LogP contribution is -2.12. The van der Waals surface area contributed by atoms with Crippen molar-refractivity contribution in [2.75, 3.05) is 0 Å². The molecule has 0 aliphatic carbocycles. The monoisotopic (exact) mass is 203 g/mol. The first-order valence-corrected chi connectivity index (χ1v) is 4.49. The van der Waals surface area contributed by atoms with Gasteiger partial charge in [0.05, 0.1) is 0 Å². The van der Waals surface area contributed by atoms with Gasteiger partial charge in [0.25, 0.3) is 0 Å². The van der Waals surface area contributed by atoms with Crippen LogP contribution in [0.25, 0.3) is 0 Å². The van der Waals surface area contributed by atoms with Crippen molar-refractivity contribution in [2.24, 2.45) is 0 Å². The van der Waals surface area contributed by atoms with Gasteiger partial charge in [-0.1, -0.05) is 50.0 Å². The van der Waals surface area contributed by atoms with Crippen LogP contribution in [0.2, 0.25) is 10.3 Å². The molecular weight excluding hydrogens is 193 g/mol. The summed E-state index contributed by atoms with van der Waals surface area (Å²) in [6, 6.07) is 3.67. The summed E-state index contributed by atoms with van der Waals surface area (Å²) in [7, 11) is 0. The lowest BCUT2D eigenvalue weighted by atomic mass is 9.88. The summed E-state index contributed by atoms with van der Waals surface area (Å²) in [5, 5.41) is 0.933. The summed E-state index contributed by atoms with van der Waals surface area (Å²) in [6.07, 6.45) is 0. The van der Waals surface area contributed by atoms with Crippen molar-refractivity contribution in [3.8, 4) is 0 Å². The van der Waals surface area contributed by atoms with Crippen LogP contribution in [0.5, 0.6) is 0 Å². The summed E-state index contributed by atoms with van der Waals surface area (Å²) in [6.45, 7) is 6.26. The van der Waals surface area contributed by atoms with Crippen LogP contribution in [0.1, 0.15) is 26.3 Å². The van der Waals surface area contributed by atoms with Crippen molar-refractivity contribution in [1.29, 1.82) is 0 Å². The van der Waals surface area contributed by atoms with Gasteiger partial charge in [-0.05, 0) is 17.0 Å². The summed E-state index contributed by atoms with van der Waals surface area (Å²) < 4.78 is 0. The number of hydrogen-bond acceptors (Lipinski definition) is 1. The zero-order valence-electron chi connectivity index (χ0n) is 7.36. The maximum absolute atomic E-state index is 5.92. The molecule has 0 aliphatic heterocycles. The van der Waals surface area contributed by atoms with Gasteiger partial charge < -0.3 is 0 Å². The first-order chi connectivity index (χ1) is 5.41. The van der Waals surface area contributed by atoms with E-state index in [1.807, 2.05) is 6.07 Å². The van der Waals surface area contributed by atoms with Crippen LogP contribution in [-0.4, -0.2) is 4.98 Å². The first-order valence-electron chi connectivity index (χ1n) is 3.74. The van der Waals surface area contributed by atoms with Gasteiger partial charge in [0.2, 0.25) is 0 Å². The van der Waals surface area contributed by atoms with Gasteiger partial charge in [-0.3, -0.25) is 0 Å². The zero-order valence-corrected chi connectivity index (χ0v) is 8.87. The maximum Gasteiger partial charge on any atom is 0.134 e. The van der Waals surface area contributed by atoms with E-state index in [1.165, 1.54) is 0 Å². The smallest absolute Gasteiger partial charge is 0.134 e. The second-order valence-corrected chi connectivity index (χ2v) is 4.47. The van der Waals surface area contributed by atoms with Crippen molar-refractivity contribution in [3.63, 3.8) is 0 Å². The molecule has 0 radical (unpaired) electrons. The molecule has 0 bridgehead atoms. The Hall–Kier alpha value is -0.270. The Morgan fingerprint density at radius 3 is 2.17 bits per heavy atom. The van der Waals surface area contributed by atoms with Crippen molar-refractivity contribution in [1.82, 2.24) is 4.98 Å². The Morgan fingerprint density at radius 1 is 1.17 bits per heavy atom. The molecule has 0 fully saturated rings. The van der Waals surface area contributed by atoms with Gasteiger partial charge in [0.1, 0.15) is 10.3 Å². The van der Waals surface area contributed by atoms with Crippen molar-refractivity contribution in [3.05, 3.63) is 28.0 Å². The zero-order chi connectivity index (χ0) is 9.35. The number of nitrogens with zero attached hydrogens (tertiary/aromatic N) is 1. The fourth-order valence-corrected chi connectivity index (χ4v) is 1.60. The molecule has 0 saturated heterocycles. The van der Waals surface area contributed by atoms with Gasteiger partial charge in [-0.2, -0.15) is 0 Å². The van der Waals surface area contributed by atoms with Crippen LogP contribution in [0.3, 0.4) is 0 Å². The Kier molecular flexibility index (Phi) is 2.64. The predicted molar refractivity (Wildman–Crippen MR) is 53.0 cm³/mol. The van der Waals surface area contributed by atoms with Crippen molar-refractivity contribution >= 4 is 23.2 Å². The SMILES string of the molecule is CC(C)(C)c1ccc(Cl)nc1Cl. The summed E-state index contributed by atoms with van der Waals surface area (Å²) >= 11 is 11.6. The van der Waals surface area contributed by atoms with Crippen LogP contribution < -0.4 is 0 Å². The summed E-state index contributed by atoms with van der Waals surface area (Å²) in [5.41, 5.74) is 1.04. The molecule has 1 rings (SSSR count). The molecular formula is C9H11Cl2N. The van der Waals surface area contributed by atoms with E-state index in [0.29, 0.717) is 10.3 Å². The average Bonchev–Trinajstić information content (AvgIpc) is 1.83. The number of pyridine rings is 1. The van der Waals surface area contributed by atoms with Crippen LogP contribution in [0.15, 0.2) is 12.1 Å². The van der Waals surface area contributed by atoms with Gasteiger partial charge in [0, 0.05) is 0 Å². The molecule has 0 aliphatic rings. The van der Waals surface area contributed by atoms with Gasteiger partial charge in [-0.25, -0.2) is 4.98 Å². The fraction of sp³-hybridized carbons (Fsp3) is 0.444. The highest BCUT2D eigenvalue weighted by Gasteiger charge is 2.17. The number of aromatic nitrogens is 1. The number of hydrogen-bond donors (Lipinski definition) is 0. The van der Waals surface area contributed by atoms with E-state index in [9.17, 15) is 0 Å². The topological polar surface area (TPSA) is 12.9 Å². The van der Waals surface area contributed by atoms with Crippen LogP contribution in [0.4, 0.5) is 0 Å². The fourth-order valence-electron chi connectivity index (χ4n) is 0.972. The molecule has 1 aromatic rings. The van der Waals surface area contributed by atoms with Gasteiger partial charge in [0.15, 0.2) is 0 Å². The third-order valence-corrected chi connectivity index (χ3v) is 2.12. The highest BCUT2D eigenvalue weighted by atomic mass is 35.5. The average molecular weight is 204 g/mol. The van der Waals surface area contributed by atoms with Crippen LogP contribution in [-0.2, 0) is 5.41 Å². The molecule has 12 heavy (non-hydrogen) atoms. The van der Waals surface area contributed by atoms with E-state index in [4.69, 9.17) is 23.2 Å². The molecule has 0 saturated carbocycles. The highest BCUT2D eigenvalue weighted by molar-refractivity contribution is 6.32. The quantitative estimate of drug-likeness (QED) is 0.587. The summed E-state index contributed by atoms with van der Waals surface area (Å²) in [4.78, 5) is 3.97. The van der Waals surface area contributed by atoms with Crippen LogP contribution in [0, 0.1) is 0 Å². The minimum atomic E-state index is 0.0225. The molecule has 1 aromatic heterocycles. The second kappa shape index (κ2) is 3.23. The Bertz CT molecular complexity index is 289. The molecule has 0 atom stereocenters. The Morgan fingerprint density at radius 2 is 1.75 bits per heavy atom. The van der Waals surface area contributed by atoms with Crippen molar-refractivity contribution < 1.29 is 0 Å². The highest BCUT2D eigenvalue weighted by Crippen LogP contribution is 2.28. The van der Waals surface area contributed by atoms with Crippen molar-refractivity contribution in [2.45, 2.75) is 26.2 Å². The molecule has 0 aromatic carbocycles. The third kappa shape index (κ3) is 2.11. The van der Waals surface area contributed by atoms with E-state index in [1.54, 1.807) is 6.07 Å². The Labute approximate surface area is 82.7 Å². The van der Waals surface area contributed by atoms with E-state index in [2.05, 4.69) is 25.8 Å². The van der Waals surface area contributed by atoms with E-state index in [-0.39, 0.29) is 5.41 Å². The standard InChI is InChI=1S/C9H11Cl2N/c1-9(2,3)6-4-5-7(10)12-8(6)11/h4-5H,1-3H3. The molecule has 1 heterocycles. The Balaban J connectivity index is 3.19. The minimum Gasteiger partial charge on any atom is -0.224 e. The lowest BCUT2D eigenvalue weighted by Gasteiger charge is -2.19. The molecule has 0 N–H and O–H groups in total. The maximum atomic E-state index is 5.92. The molecule has 0 spiro atoms. The largest absolute Gasteiger partial charge is 0.224 e. The first kappa shape index (κ1) is 9.82. The second-order valence-electron chi connectivity index (χ2n) is 3.72. The van der Waals surface area contributed by atoms with E-state index in [0.717, 1.165) is 5.56 Å². The van der Waals surface area contributed by atoms with Gasteiger partial charge >= 0.3 is 0 Å². The molecule has 66 valence electrons. The van der Waals surface area contributed by atoms with Gasteiger partial charge in [-0.15, -0.1) is 0 Å². The van der Waals surface area contributed by atoms with Crippen LogP contribution >= 0.6 is 23.2 Å². The normalized spacial score (nSPS) is 11.8. The van der Waals surface area contributed by atoms with E-state index >= 15 is 0 Å². The summed E-state index contributed by atoms with van der Waals surface area (Å²) in [5.74, 6) is 0. The molecule has 0 unspecified atom stereocenters. The molecule has 3 heteroatoms. The third-order valence-electron chi connectivity index (χ3n) is 1.62.